The number of allylic oxidation sites excluding steroid dienone is 16. The maximum absolute atomic E-state index is 12.9. The van der Waals surface area contributed by atoms with Crippen molar-refractivity contribution in [3.8, 4) is 0 Å². The van der Waals surface area contributed by atoms with Gasteiger partial charge in [-0.2, -0.15) is 0 Å². The maximum Gasteiger partial charge on any atom is 0.306 e. The molecule has 0 heterocycles. The van der Waals surface area contributed by atoms with Crippen LogP contribution in [0, 0.1) is 0 Å². The number of ether oxygens (including phenoxy) is 3. The Morgan fingerprint density at radius 3 is 0.914 bits per heavy atom. The molecular weight excluding hydrogens is 865 g/mol. The molecule has 0 rings (SSSR count). The van der Waals surface area contributed by atoms with Gasteiger partial charge in [-0.25, -0.2) is 0 Å². The van der Waals surface area contributed by atoms with Crippen molar-refractivity contribution in [3.63, 3.8) is 0 Å². The lowest BCUT2D eigenvalue weighted by Gasteiger charge is -2.18. The van der Waals surface area contributed by atoms with Gasteiger partial charge in [0, 0.05) is 19.3 Å². The van der Waals surface area contributed by atoms with Crippen molar-refractivity contribution in [1.82, 2.24) is 0 Å². The molecule has 0 aliphatic carbocycles. The smallest absolute Gasteiger partial charge is 0.306 e. The summed E-state index contributed by atoms with van der Waals surface area (Å²) in [6, 6.07) is 0. The third-order valence-corrected chi connectivity index (χ3v) is 12.3. The minimum absolute atomic E-state index is 0.0937. The summed E-state index contributed by atoms with van der Waals surface area (Å²) in [6.45, 7) is 6.45. The van der Waals surface area contributed by atoms with Crippen LogP contribution in [0.5, 0.6) is 0 Å². The molecule has 0 aromatic heterocycles. The zero-order valence-electron chi connectivity index (χ0n) is 45.8. The standard InChI is InChI=1S/C64H108O6/c1-4-7-10-13-16-19-22-25-28-30-31-32-33-35-36-39-42-45-48-51-54-57-63(66)69-60-61(59-68-62(65)56-53-50-47-44-41-38-27-24-21-18-15-12-9-6-3)70-64(67)58-55-52-49-46-43-40-37-34-29-26-23-20-17-14-11-8-5-2/h8,11,15,17-18,20,22,24-27,29-31,33,35,61H,4-7,9-10,12-14,16,19,21,23,28,32,34,36-60H2,1-3H3/b11-8-,18-15-,20-17-,25-22-,27-24-,29-26-,31-30-,35-33-. The van der Waals surface area contributed by atoms with Gasteiger partial charge in [0.25, 0.3) is 0 Å². The van der Waals surface area contributed by atoms with Crippen molar-refractivity contribution in [2.45, 2.75) is 277 Å². The molecule has 0 aromatic rings. The first kappa shape index (κ1) is 66.3. The second-order valence-corrected chi connectivity index (χ2v) is 19.2. The summed E-state index contributed by atoms with van der Waals surface area (Å²) in [5.41, 5.74) is 0. The molecule has 70 heavy (non-hydrogen) atoms. The molecule has 0 bridgehead atoms. The van der Waals surface area contributed by atoms with Crippen LogP contribution in [0.25, 0.3) is 0 Å². The monoisotopic (exact) mass is 973 g/mol. The summed E-state index contributed by atoms with van der Waals surface area (Å²) in [6.07, 6.45) is 76.8. The van der Waals surface area contributed by atoms with Crippen molar-refractivity contribution < 1.29 is 28.6 Å². The number of carbonyl (C=O) groups excluding carboxylic acids is 3. The molecule has 0 aliphatic heterocycles. The molecule has 0 amide bonds. The average Bonchev–Trinajstić information content (AvgIpc) is 3.36. The van der Waals surface area contributed by atoms with E-state index >= 15 is 0 Å². The molecule has 0 saturated carbocycles. The lowest BCUT2D eigenvalue weighted by molar-refractivity contribution is -0.167. The van der Waals surface area contributed by atoms with E-state index < -0.39 is 6.10 Å². The third kappa shape index (κ3) is 55.3. The fourth-order valence-corrected chi connectivity index (χ4v) is 7.89. The Kier molecular flexibility index (Phi) is 54.9. The van der Waals surface area contributed by atoms with Crippen molar-refractivity contribution in [3.05, 3.63) is 97.2 Å². The highest BCUT2D eigenvalue weighted by Gasteiger charge is 2.19. The van der Waals surface area contributed by atoms with Crippen molar-refractivity contribution in [2.24, 2.45) is 0 Å². The number of carbonyl (C=O) groups is 3. The Morgan fingerprint density at radius 1 is 0.300 bits per heavy atom. The summed E-state index contributed by atoms with van der Waals surface area (Å²) in [5, 5.41) is 0. The van der Waals surface area contributed by atoms with Gasteiger partial charge in [-0.05, 0) is 116 Å². The molecule has 400 valence electrons. The quantitative estimate of drug-likeness (QED) is 0.0262. The Labute approximate surface area is 432 Å². The van der Waals surface area contributed by atoms with Crippen LogP contribution in [-0.4, -0.2) is 37.2 Å². The van der Waals surface area contributed by atoms with E-state index in [1.807, 2.05) is 0 Å². The minimum atomic E-state index is -0.796. The molecular formula is C64H108O6. The molecule has 0 spiro atoms. The second kappa shape index (κ2) is 57.9. The lowest BCUT2D eigenvalue weighted by Crippen LogP contribution is -2.30. The van der Waals surface area contributed by atoms with Gasteiger partial charge in [0.1, 0.15) is 13.2 Å². The molecule has 0 aromatic carbocycles. The topological polar surface area (TPSA) is 78.9 Å². The Balaban J connectivity index is 4.43. The fraction of sp³-hybridized carbons (Fsp3) is 0.703. The SMILES string of the molecule is CC/C=C\C/C=C\C/C=C\CCCCCCCCCC(=O)OC(COC(=O)CCCCCCC/C=C\C/C=C\CCCC)COC(=O)CCCCCCCC/C=C\C/C=C\C/C=C\CCCCCCC. The van der Waals surface area contributed by atoms with Gasteiger partial charge in [-0.1, -0.05) is 234 Å². The predicted octanol–water partition coefficient (Wildman–Crippen LogP) is 19.7. The summed E-state index contributed by atoms with van der Waals surface area (Å²) in [7, 11) is 0. The Morgan fingerprint density at radius 2 is 0.571 bits per heavy atom. The van der Waals surface area contributed by atoms with Crippen LogP contribution in [0.1, 0.15) is 271 Å². The molecule has 6 heteroatoms. The summed E-state index contributed by atoms with van der Waals surface area (Å²) >= 11 is 0. The van der Waals surface area contributed by atoms with Gasteiger partial charge in [0.05, 0.1) is 0 Å². The van der Waals surface area contributed by atoms with E-state index in [0.717, 1.165) is 128 Å². The second-order valence-electron chi connectivity index (χ2n) is 19.2. The van der Waals surface area contributed by atoms with Crippen LogP contribution in [0.2, 0.25) is 0 Å². The molecule has 0 N–H and O–H groups in total. The van der Waals surface area contributed by atoms with Gasteiger partial charge >= 0.3 is 17.9 Å². The number of esters is 3. The number of rotatable bonds is 52. The zero-order chi connectivity index (χ0) is 50.7. The van der Waals surface area contributed by atoms with E-state index in [0.29, 0.717) is 19.3 Å². The van der Waals surface area contributed by atoms with Crippen LogP contribution in [0.15, 0.2) is 97.2 Å². The minimum Gasteiger partial charge on any atom is -0.462 e. The maximum atomic E-state index is 12.9. The third-order valence-electron chi connectivity index (χ3n) is 12.3. The molecule has 0 fully saturated rings. The van der Waals surface area contributed by atoms with E-state index in [-0.39, 0.29) is 31.1 Å². The average molecular weight is 974 g/mol. The van der Waals surface area contributed by atoms with E-state index in [1.54, 1.807) is 0 Å². The molecule has 1 unspecified atom stereocenters. The largest absolute Gasteiger partial charge is 0.462 e. The van der Waals surface area contributed by atoms with Crippen LogP contribution >= 0.6 is 0 Å². The lowest BCUT2D eigenvalue weighted by atomic mass is 10.1. The van der Waals surface area contributed by atoms with E-state index in [2.05, 4.69) is 118 Å². The highest BCUT2D eigenvalue weighted by Crippen LogP contribution is 2.14. The van der Waals surface area contributed by atoms with E-state index in [9.17, 15) is 14.4 Å². The Hall–Kier alpha value is -3.67. The fourth-order valence-electron chi connectivity index (χ4n) is 7.89. The first-order valence-electron chi connectivity index (χ1n) is 29.2. The van der Waals surface area contributed by atoms with Gasteiger partial charge in [0.15, 0.2) is 6.10 Å². The first-order valence-corrected chi connectivity index (χ1v) is 29.2. The number of hydrogen-bond acceptors (Lipinski definition) is 6. The molecule has 0 aliphatic rings. The summed E-state index contributed by atoms with van der Waals surface area (Å²) in [4.78, 5) is 38.2. The molecule has 0 radical (unpaired) electrons. The number of hydrogen-bond donors (Lipinski definition) is 0. The molecule has 0 saturated heterocycles. The van der Waals surface area contributed by atoms with Crippen LogP contribution in [-0.2, 0) is 28.6 Å². The van der Waals surface area contributed by atoms with Crippen molar-refractivity contribution in [2.75, 3.05) is 13.2 Å². The zero-order valence-corrected chi connectivity index (χ0v) is 45.8. The highest BCUT2D eigenvalue weighted by atomic mass is 16.6. The predicted molar refractivity (Wildman–Crippen MR) is 302 cm³/mol. The van der Waals surface area contributed by atoms with Crippen molar-refractivity contribution in [1.29, 1.82) is 0 Å². The highest BCUT2D eigenvalue weighted by molar-refractivity contribution is 5.71. The Bertz CT molecular complexity index is 1400. The van der Waals surface area contributed by atoms with Crippen LogP contribution < -0.4 is 0 Å². The van der Waals surface area contributed by atoms with Gasteiger partial charge in [-0.3, -0.25) is 14.4 Å². The van der Waals surface area contributed by atoms with Gasteiger partial charge in [-0.15, -0.1) is 0 Å². The molecule has 1 atom stereocenters. The van der Waals surface area contributed by atoms with Crippen LogP contribution in [0.4, 0.5) is 0 Å². The van der Waals surface area contributed by atoms with Crippen LogP contribution in [0.3, 0.4) is 0 Å². The summed E-state index contributed by atoms with van der Waals surface area (Å²) in [5.74, 6) is -0.926. The van der Waals surface area contributed by atoms with E-state index in [4.69, 9.17) is 14.2 Å². The van der Waals surface area contributed by atoms with Crippen molar-refractivity contribution >= 4 is 17.9 Å². The van der Waals surface area contributed by atoms with E-state index in [1.165, 1.54) is 103 Å². The van der Waals surface area contributed by atoms with Gasteiger partial charge < -0.3 is 14.2 Å². The van der Waals surface area contributed by atoms with Gasteiger partial charge in [0.2, 0.25) is 0 Å². The summed E-state index contributed by atoms with van der Waals surface area (Å²) < 4.78 is 16.9. The normalized spacial score (nSPS) is 12.8. The number of unbranched alkanes of at least 4 members (excludes halogenated alkanes) is 25. The molecule has 6 nitrogen and oxygen atoms in total. The first-order chi connectivity index (χ1) is 34.5.